The summed E-state index contributed by atoms with van der Waals surface area (Å²) < 4.78 is 6.66. The molecule has 0 fully saturated rings. The zero-order valence-electron chi connectivity index (χ0n) is 13.1. The van der Waals surface area contributed by atoms with Gasteiger partial charge in [0, 0.05) is 3.57 Å². The summed E-state index contributed by atoms with van der Waals surface area (Å²) in [6.07, 6.45) is 3.57. The van der Waals surface area contributed by atoms with Crippen molar-refractivity contribution in [2.24, 2.45) is 0 Å². The van der Waals surface area contributed by atoms with Gasteiger partial charge in [-0.1, -0.05) is 18.2 Å². The van der Waals surface area contributed by atoms with Crippen molar-refractivity contribution in [1.82, 2.24) is 5.32 Å². The van der Waals surface area contributed by atoms with E-state index >= 15 is 0 Å². The fraction of sp³-hybridized carbons (Fsp3) is 0.316. The van der Waals surface area contributed by atoms with Crippen molar-refractivity contribution < 1.29 is 9.53 Å². The van der Waals surface area contributed by atoms with Crippen molar-refractivity contribution >= 4 is 28.5 Å². The maximum Gasteiger partial charge on any atom is 0.258 e. The molecule has 0 saturated carbocycles. The predicted octanol–water partition coefficient (Wildman–Crippen LogP) is 4.04. The normalized spacial score (nSPS) is 14.2. The molecule has 2 aromatic carbocycles. The predicted molar refractivity (Wildman–Crippen MR) is 99.7 cm³/mol. The molecule has 0 radical (unpaired) electrons. The molecular weight excluding hydrogens is 401 g/mol. The number of aryl methyl sites for hydroxylation is 2. The fourth-order valence-corrected chi connectivity index (χ4v) is 3.27. The van der Waals surface area contributed by atoms with E-state index in [1.165, 1.54) is 24.0 Å². The van der Waals surface area contributed by atoms with Gasteiger partial charge in [-0.15, -0.1) is 0 Å². The minimum absolute atomic E-state index is 0.00581. The highest BCUT2D eigenvalue weighted by atomic mass is 127. The molecule has 0 spiro atoms. The molecule has 2 aromatic rings. The number of halogens is 1. The van der Waals surface area contributed by atoms with Crippen molar-refractivity contribution in [3.63, 3.8) is 0 Å². The van der Waals surface area contributed by atoms with E-state index in [2.05, 4.69) is 46.1 Å². The molecule has 0 unspecified atom stereocenters. The van der Waals surface area contributed by atoms with Crippen LogP contribution < -0.4 is 10.1 Å². The molecule has 0 saturated heterocycles. The minimum Gasteiger partial charge on any atom is -0.484 e. The Bertz CT molecular complexity index is 697. The Morgan fingerprint density at radius 2 is 1.91 bits per heavy atom. The summed E-state index contributed by atoms with van der Waals surface area (Å²) in [6, 6.07) is 14.2. The first kappa shape index (κ1) is 16.3. The van der Waals surface area contributed by atoms with Gasteiger partial charge in [-0.2, -0.15) is 0 Å². The molecule has 4 heteroatoms. The lowest BCUT2D eigenvalue weighted by atomic mass is 10.0. The lowest BCUT2D eigenvalue weighted by Gasteiger charge is -2.16. The third kappa shape index (κ3) is 4.25. The molecule has 23 heavy (non-hydrogen) atoms. The van der Waals surface area contributed by atoms with E-state index in [0.29, 0.717) is 5.75 Å². The van der Waals surface area contributed by atoms with Crippen LogP contribution in [-0.2, 0) is 17.6 Å². The van der Waals surface area contributed by atoms with Gasteiger partial charge in [0.15, 0.2) is 6.61 Å². The second-order valence-corrected chi connectivity index (χ2v) is 7.16. The Kier molecular flexibility index (Phi) is 5.20. The Labute approximate surface area is 150 Å². The highest BCUT2D eigenvalue weighted by Crippen LogP contribution is 2.25. The van der Waals surface area contributed by atoms with E-state index in [1.54, 1.807) is 0 Å². The molecule has 120 valence electrons. The number of ether oxygens (including phenoxy) is 1. The third-order valence-electron chi connectivity index (χ3n) is 4.18. The van der Waals surface area contributed by atoms with Crippen molar-refractivity contribution in [1.29, 1.82) is 0 Å². The largest absolute Gasteiger partial charge is 0.484 e. The molecule has 1 N–H and O–H groups in total. The number of rotatable bonds is 5. The third-order valence-corrected chi connectivity index (χ3v) is 4.90. The minimum atomic E-state index is -0.100. The first-order valence-corrected chi connectivity index (χ1v) is 8.99. The number of carbonyl (C=O) groups is 1. The zero-order valence-corrected chi connectivity index (χ0v) is 15.3. The molecule has 0 aromatic heterocycles. The summed E-state index contributed by atoms with van der Waals surface area (Å²) in [5.74, 6) is 0.613. The molecule has 3 rings (SSSR count). The van der Waals surface area contributed by atoms with Crippen molar-refractivity contribution in [3.8, 4) is 5.75 Å². The lowest BCUT2D eigenvalue weighted by Crippen LogP contribution is -2.31. The summed E-state index contributed by atoms with van der Waals surface area (Å²) in [5.41, 5.74) is 4.04. The van der Waals surface area contributed by atoms with Gasteiger partial charge in [0.1, 0.15) is 5.75 Å². The van der Waals surface area contributed by atoms with E-state index in [0.717, 1.165) is 15.6 Å². The van der Waals surface area contributed by atoms with Crippen LogP contribution >= 0.6 is 22.6 Å². The number of nitrogens with one attached hydrogen (secondary N) is 1. The maximum atomic E-state index is 12.1. The van der Waals surface area contributed by atoms with E-state index < -0.39 is 0 Å². The first-order valence-electron chi connectivity index (χ1n) is 7.91. The molecule has 0 bridgehead atoms. The van der Waals surface area contributed by atoms with Gasteiger partial charge < -0.3 is 10.1 Å². The van der Waals surface area contributed by atoms with Gasteiger partial charge in [-0.05, 0) is 89.7 Å². The number of fused-ring (bicyclic) bond motifs is 1. The number of amides is 1. The monoisotopic (exact) mass is 421 g/mol. The Morgan fingerprint density at radius 1 is 1.17 bits per heavy atom. The Morgan fingerprint density at radius 3 is 2.70 bits per heavy atom. The van der Waals surface area contributed by atoms with E-state index in [1.807, 2.05) is 31.2 Å². The van der Waals surface area contributed by atoms with Gasteiger partial charge >= 0.3 is 0 Å². The fourth-order valence-electron chi connectivity index (χ4n) is 2.91. The highest BCUT2D eigenvalue weighted by molar-refractivity contribution is 14.1. The smallest absolute Gasteiger partial charge is 0.258 e. The molecule has 0 heterocycles. The van der Waals surface area contributed by atoms with Crippen LogP contribution in [0, 0.1) is 3.57 Å². The molecule has 1 atom stereocenters. The molecule has 1 aliphatic rings. The topological polar surface area (TPSA) is 38.3 Å². The van der Waals surface area contributed by atoms with Crippen LogP contribution in [0.15, 0.2) is 42.5 Å². The molecule has 1 aliphatic carbocycles. The van der Waals surface area contributed by atoms with Gasteiger partial charge in [-0.25, -0.2) is 0 Å². The van der Waals surface area contributed by atoms with Gasteiger partial charge in [0.2, 0.25) is 0 Å². The summed E-state index contributed by atoms with van der Waals surface area (Å²) in [5, 5.41) is 3.00. The maximum absolute atomic E-state index is 12.1. The van der Waals surface area contributed by atoms with Gasteiger partial charge in [0.25, 0.3) is 5.91 Å². The zero-order chi connectivity index (χ0) is 16.2. The van der Waals surface area contributed by atoms with Crippen molar-refractivity contribution in [3.05, 3.63) is 62.7 Å². The molecule has 1 amide bonds. The average Bonchev–Trinajstić information content (AvgIpc) is 3.02. The van der Waals surface area contributed by atoms with Crippen LogP contribution in [0.2, 0.25) is 0 Å². The second kappa shape index (κ2) is 7.34. The van der Waals surface area contributed by atoms with Crippen molar-refractivity contribution in [2.75, 3.05) is 6.61 Å². The van der Waals surface area contributed by atoms with Gasteiger partial charge in [0.05, 0.1) is 6.04 Å². The number of hydrogen-bond donors (Lipinski definition) is 1. The van der Waals surface area contributed by atoms with E-state index in [9.17, 15) is 4.79 Å². The summed E-state index contributed by atoms with van der Waals surface area (Å²) >= 11 is 2.24. The van der Waals surface area contributed by atoms with Crippen LogP contribution in [0.3, 0.4) is 0 Å². The van der Waals surface area contributed by atoms with Crippen LogP contribution in [-0.4, -0.2) is 12.5 Å². The van der Waals surface area contributed by atoms with Crippen LogP contribution in [0.5, 0.6) is 5.75 Å². The van der Waals surface area contributed by atoms with Crippen molar-refractivity contribution in [2.45, 2.75) is 32.2 Å². The number of hydrogen-bond acceptors (Lipinski definition) is 2. The van der Waals surface area contributed by atoms with Crippen LogP contribution in [0.4, 0.5) is 0 Å². The quantitative estimate of drug-likeness (QED) is 0.741. The first-order chi connectivity index (χ1) is 11.1. The standard InChI is InChI=1S/C19H20INO2/c1-13(15-6-5-14-3-2-4-16(14)11-15)21-19(22)12-23-18-9-7-17(20)8-10-18/h5-11,13H,2-4,12H2,1H3,(H,21,22)/t13-/m1/s1. The number of carbonyl (C=O) groups excluding carboxylic acids is 1. The average molecular weight is 421 g/mol. The summed E-state index contributed by atoms with van der Waals surface area (Å²) in [7, 11) is 0. The Balaban J connectivity index is 1.54. The van der Waals surface area contributed by atoms with E-state index in [-0.39, 0.29) is 18.6 Å². The molecule has 0 aliphatic heterocycles. The highest BCUT2D eigenvalue weighted by Gasteiger charge is 2.15. The van der Waals surface area contributed by atoms with E-state index in [4.69, 9.17) is 4.74 Å². The molecule has 3 nitrogen and oxygen atoms in total. The summed E-state index contributed by atoms with van der Waals surface area (Å²) in [6.45, 7) is 2.05. The Hall–Kier alpha value is -1.56. The summed E-state index contributed by atoms with van der Waals surface area (Å²) in [4.78, 5) is 12.1. The van der Waals surface area contributed by atoms with Crippen LogP contribution in [0.1, 0.15) is 36.1 Å². The SMILES string of the molecule is C[C@@H](NC(=O)COc1ccc(I)cc1)c1ccc2c(c1)CCC2. The lowest BCUT2D eigenvalue weighted by molar-refractivity contribution is -0.123. The second-order valence-electron chi connectivity index (χ2n) is 5.91. The van der Waals surface area contributed by atoms with Crippen LogP contribution in [0.25, 0.3) is 0 Å². The van der Waals surface area contributed by atoms with Gasteiger partial charge in [-0.3, -0.25) is 4.79 Å². The number of benzene rings is 2. The molecular formula is C19H20INO2.